The first-order valence-electron chi connectivity index (χ1n) is 8.54. The van der Waals surface area contributed by atoms with Crippen LogP contribution < -0.4 is 5.73 Å². The zero-order chi connectivity index (χ0) is 18.7. The molecule has 26 heavy (non-hydrogen) atoms. The minimum absolute atomic E-state index is 0.122. The largest absolute Gasteiger partial charge is 0.396 e. The standard InChI is InChI=1S/C20H21ClN2O3/c21-15-8-6-13(7-9-15)16-12-23(17(10-11-24)19(22)25)20(26)18(16)14-4-2-1-3-5-14/h1-9,16-18,24H,10-12H2,(H2,22,25). The Kier molecular flexibility index (Phi) is 5.59. The van der Waals surface area contributed by atoms with Gasteiger partial charge in [0, 0.05) is 24.1 Å². The maximum atomic E-state index is 13.2. The molecule has 3 N–H and O–H groups in total. The minimum atomic E-state index is -0.809. The van der Waals surface area contributed by atoms with Gasteiger partial charge in [-0.1, -0.05) is 54.1 Å². The predicted molar refractivity (Wildman–Crippen MR) is 99.8 cm³/mol. The zero-order valence-corrected chi connectivity index (χ0v) is 15.0. The number of aliphatic hydroxyl groups excluding tert-OH is 1. The van der Waals surface area contributed by atoms with E-state index in [9.17, 15) is 14.7 Å². The second-order valence-corrected chi connectivity index (χ2v) is 6.90. The Hall–Kier alpha value is -2.37. The van der Waals surface area contributed by atoms with E-state index >= 15 is 0 Å². The van der Waals surface area contributed by atoms with Crippen LogP contribution >= 0.6 is 11.6 Å². The number of rotatable bonds is 6. The molecule has 6 heteroatoms. The molecule has 5 nitrogen and oxygen atoms in total. The van der Waals surface area contributed by atoms with E-state index in [-0.39, 0.29) is 24.9 Å². The van der Waals surface area contributed by atoms with E-state index < -0.39 is 17.9 Å². The van der Waals surface area contributed by atoms with Gasteiger partial charge in [0.05, 0.1) is 5.92 Å². The highest BCUT2D eigenvalue weighted by atomic mass is 35.5. The van der Waals surface area contributed by atoms with Gasteiger partial charge in [-0.2, -0.15) is 0 Å². The van der Waals surface area contributed by atoms with Crippen molar-refractivity contribution in [3.8, 4) is 0 Å². The summed E-state index contributed by atoms with van der Waals surface area (Å²) in [5, 5.41) is 9.89. The number of carbonyl (C=O) groups is 2. The molecule has 0 saturated carbocycles. The van der Waals surface area contributed by atoms with E-state index in [4.69, 9.17) is 17.3 Å². The van der Waals surface area contributed by atoms with Crippen LogP contribution in [0.25, 0.3) is 0 Å². The van der Waals surface area contributed by atoms with Crippen molar-refractivity contribution in [3.05, 3.63) is 70.7 Å². The van der Waals surface area contributed by atoms with Gasteiger partial charge in [-0.05, 0) is 29.7 Å². The fourth-order valence-corrected chi connectivity index (χ4v) is 3.78. The Bertz CT molecular complexity index is 779. The molecule has 0 radical (unpaired) electrons. The number of likely N-dealkylation sites (tertiary alicyclic amines) is 1. The number of amides is 2. The van der Waals surface area contributed by atoms with Crippen molar-refractivity contribution in [2.75, 3.05) is 13.2 Å². The third kappa shape index (κ3) is 3.59. The first kappa shape index (κ1) is 18.4. The Morgan fingerprint density at radius 3 is 2.38 bits per heavy atom. The van der Waals surface area contributed by atoms with E-state index in [1.54, 1.807) is 12.1 Å². The van der Waals surface area contributed by atoms with Crippen LogP contribution in [0.4, 0.5) is 0 Å². The maximum absolute atomic E-state index is 13.2. The number of primary amides is 1. The second-order valence-electron chi connectivity index (χ2n) is 6.47. The van der Waals surface area contributed by atoms with Gasteiger partial charge in [-0.3, -0.25) is 9.59 Å². The molecule has 3 rings (SSSR count). The van der Waals surface area contributed by atoms with Gasteiger partial charge in [0.15, 0.2) is 0 Å². The zero-order valence-electron chi connectivity index (χ0n) is 14.2. The summed E-state index contributed by atoms with van der Waals surface area (Å²) < 4.78 is 0. The number of carbonyl (C=O) groups excluding carboxylic acids is 2. The smallest absolute Gasteiger partial charge is 0.240 e. The SMILES string of the molecule is NC(=O)C(CCO)N1CC(c2ccc(Cl)cc2)C(c2ccccc2)C1=O. The quantitative estimate of drug-likeness (QED) is 0.816. The highest BCUT2D eigenvalue weighted by Crippen LogP contribution is 2.41. The molecule has 0 bridgehead atoms. The number of halogens is 1. The lowest BCUT2D eigenvalue weighted by atomic mass is 9.84. The van der Waals surface area contributed by atoms with Gasteiger partial charge in [-0.15, -0.1) is 0 Å². The second kappa shape index (κ2) is 7.89. The van der Waals surface area contributed by atoms with Gasteiger partial charge in [-0.25, -0.2) is 0 Å². The first-order chi connectivity index (χ1) is 12.5. The molecule has 1 aliphatic rings. The Morgan fingerprint density at radius 1 is 1.15 bits per heavy atom. The van der Waals surface area contributed by atoms with E-state index in [0.717, 1.165) is 11.1 Å². The van der Waals surface area contributed by atoms with Gasteiger partial charge in [0.25, 0.3) is 0 Å². The summed E-state index contributed by atoms with van der Waals surface area (Å²) in [6.45, 7) is 0.159. The van der Waals surface area contributed by atoms with Crippen molar-refractivity contribution in [2.45, 2.75) is 24.3 Å². The maximum Gasteiger partial charge on any atom is 0.240 e. The number of hydrogen-bond acceptors (Lipinski definition) is 3. The number of aliphatic hydroxyl groups is 1. The molecule has 136 valence electrons. The average molecular weight is 373 g/mol. The Balaban J connectivity index is 2.01. The fourth-order valence-electron chi connectivity index (χ4n) is 3.66. The summed E-state index contributed by atoms with van der Waals surface area (Å²) in [6, 6.07) is 16.1. The summed E-state index contributed by atoms with van der Waals surface area (Å²) >= 11 is 6.00. The van der Waals surface area contributed by atoms with Crippen LogP contribution in [0.15, 0.2) is 54.6 Å². The van der Waals surface area contributed by atoms with Crippen molar-refractivity contribution in [3.63, 3.8) is 0 Å². The third-order valence-electron chi connectivity index (χ3n) is 4.91. The lowest BCUT2D eigenvalue weighted by Crippen LogP contribution is -2.46. The van der Waals surface area contributed by atoms with Gasteiger partial charge >= 0.3 is 0 Å². The average Bonchev–Trinajstić information content (AvgIpc) is 2.97. The van der Waals surface area contributed by atoms with E-state index in [1.807, 2.05) is 42.5 Å². The number of hydrogen-bond donors (Lipinski definition) is 2. The summed E-state index contributed by atoms with van der Waals surface area (Å²) in [7, 11) is 0. The first-order valence-corrected chi connectivity index (χ1v) is 8.91. The molecule has 0 spiro atoms. The van der Waals surface area contributed by atoms with Crippen LogP contribution in [0, 0.1) is 0 Å². The Labute approximate surface area is 157 Å². The van der Waals surface area contributed by atoms with E-state index in [1.165, 1.54) is 4.90 Å². The van der Waals surface area contributed by atoms with Crippen LogP contribution in [-0.2, 0) is 9.59 Å². The molecule has 1 aliphatic heterocycles. The molecule has 3 unspecified atom stereocenters. The van der Waals surface area contributed by atoms with Gasteiger partial charge < -0.3 is 15.7 Å². The van der Waals surface area contributed by atoms with Crippen molar-refractivity contribution in [2.24, 2.45) is 5.73 Å². The summed E-state index contributed by atoms with van der Waals surface area (Å²) in [5.41, 5.74) is 7.37. The number of benzene rings is 2. The molecular formula is C20H21ClN2O3. The summed E-state index contributed by atoms with van der Waals surface area (Å²) in [4.78, 5) is 26.5. The minimum Gasteiger partial charge on any atom is -0.396 e. The normalized spacial score (nSPS) is 21.0. The Morgan fingerprint density at radius 2 is 1.81 bits per heavy atom. The summed E-state index contributed by atoms with van der Waals surface area (Å²) in [6.07, 6.45) is 0.135. The molecule has 1 heterocycles. The molecule has 0 aromatic heterocycles. The molecule has 2 aromatic rings. The summed E-state index contributed by atoms with van der Waals surface area (Å²) in [5.74, 6) is -1.27. The van der Waals surface area contributed by atoms with Crippen LogP contribution in [0.1, 0.15) is 29.4 Å². The lowest BCUT2D eigenvalue weighted by Gasteiger charge is -2.25. The van der Waals surface area contributed by atoms with Gasteiger partial charge in [0.2, 0.25) is 11.8 Å². The number of nitrogens with two attached hydrogens (primary N) is 1. The van der Waals surface area contributed by atoms with Gasteiger partial charge in [0.1, 0.15) is 6.04 Å². The molecular weight excluding hydrogens is 352 g/mol. The third-order valence-corrected chi connectivity index (χ3v) is 5.16. The molecule has 3 atom stereocenters. The van der Waals surface area contributed by atoms with Crippen LogP contribution in [0.5, 0.6) is 0 Å². The monoisotopic (exact) mass is 372 g/mol. The molecule has 2 amide bonds. The molecule has 0 aliphatic carbocycles. The van der Waals surface area contributed by atoms with Crippen molar-refractivity contribution >= 4 is 23.4 Å². The molecule has 2 aromatic carbocycles. The van der Waals surface area contributed by atoms with Crippen LogP contribution in [0.3, 0.4) is 0 Å². The fraction of sp³-hybridized carbons (Fsp3) is 0.300. The topological polar surface area (TPSA) is 83.6 Å². The lowest BCUT2D eigenvalue weighted by molar-refractivity contribution is -0.137. The highest BCUT2D eigenvalue weighted by Gasteiger charge is 2.45. The molecule has 1 saturated heterocycles. The number of nitrogens with zero attached hydrogens (tertiary/aromatic N) is 1. The van der Waals surface area contributed by atoms with Crippen molar-refractivity contribution < 1.29 is 14.7 Å². The van der Waals surface area contributed by atoms with E-state index in [2.05, 4.69) is 0 Å². The van der Waals surface area contributed by atoms with Crippen molar-refractivity contribution in [1.29, 1.82) is 0 Å². The predicted octanol–water partition coefficient (Wildman–Crippen LogP) is 2.29. The van der Waals surface area contributed by atoms with Crippen molar-refractivity contribution in [1.82, 2.24) is 4.90 Å². The molecule has 1 fully saturated rings. The van der Waals surface area contributed by atoms with Crippen LogP contribution in [0.2, 0.25) is 5.02 Å². The van der Waals surface area contributed by atoms with Crippen LogP contribution in [-0.4, -0.2) is 41.0 Å². The highest BCUT2D eigenvalue weighted by molar-refractivity contribution is 6.30. The van der Waals surface area contributed by atoms with E-state index in [0.29, 0.717) is 11.6 Å².